The Morgan fingerprint density at radius 1 is 1.26 bits per heavy atom. The highest BCUT2D eigenvalue weighted by molar-refractivity contribution is 7.99. The summed E-state index contributed by atoms with van der Waals surface area (Å²) >= 11 is 1.99. The smallest absolute Gasteiger partial charge is 0.260 e. The minimum atomic E-state index is -0.466. The van der Waals surface area contributed by atoms with Crippen molar-refractivity contribution >= 4 is 17.7 Å². The molecule has 128 valence electrons. The van der Waals surface area contributed by atoms with E-state index in [1.807, 2.05) is 36.9 Å². The Bertz CT molecular complexity index is 498. The Morgan fingerprint density at radius 2 is 1.96 bits per heavy atom. The van der Waals surface area contributed by atoms with Crippen molar-refractivity contribution in [1.29, 1.82) is 0 Å². The fourth-order valence-corrected chi connectivity index (χ4v) is 4.13. The largest absolute Gasteiger partial charge is 0.481 e. The maximum Gasteiger partial charge on any atom is 0.260 e. The van der Waals surface area contributed by atoms with Crippen molar-refractivity contribution in [2.75, 3.05) is 12.3 Å². The van der Waals surface area contributed by atoms with Gasteiger partial charge < -0.3 is 10.1 Å². The quantitative estimate of drug-likeness (QED) is 0.717. The van der Waals surface area contributed by atoms with E-state index in [9.17, 15) is 4.79 Å². The average molecular weight is 336 g/mol. The first-order chi connectivity index (χ1) is 11.1. The second kappa shape index (κ2) is 9.21. The lowest BCUT2D eigenvalue weighted by Gasteiger charge is -2.19. The summed E-state index contributed by atoms with van der Waals surface area (Å²) in [5.74, 6) is 2.15. The van der Waals surface area contributed by atoms with E-state index in [0.29, 0.717) is 5.92 Å². The van der Waals surface area contributed by atoms with Crippen LogP contribution in [0.1, 0.15) is 57.9 Å². The van der Waals surface area contributed by atoms with Crippen LogP contribution >= 0.6 is 11.8 Å². The van der Waals surface area contributed by atoms with Gasteiger partial charge in [0.05, 0.1) is 0 Å². The van der Waals surface area contributed by atoms with Crippen molar-refractivity contribution in [3.63, 3.8) is 0 Å². The number of para-hydroxylation sites is 1. The van der Waals surface area contributed by atoms with Crippen LogP contribution in [0.4, 0.5) is 0 Å². The summed E-state index contributed by atoms with van der Waals surface area (Å²) in [5.41, 5.74) is 1.14. The molecule has 1 aromatic carbocycles. The van der Waals surface area contributed by atoms with Crippen LogP contribution in [0, 0.1) is 0 Å². The van der Waals surface area contributed by atoms with Gasteiger partial charge in [-0.05, 0) is 37.3 Å². The zero-order valence-corrected chi connectivity index (χ0v) is 15.3. The van der Waals surface area contributed by atoms with E-state index in [4.69, 9.17) is 4.74 Å². The SMILES string of the molecule is CC(Oc1ccccc1C(C)C)C(=O)NCCSC1CCCC1. The molecule has 1 aliphatic carbocycles. The van der Waals surface area contributed by atoms with Crippen molar-refractivity contribution in [3.8, 4) is 5.75 Å². The molecule has 1 unspecified atom stereocenters. The molecule has 1 aliphatic rings. The van der Waals surface area contributed by atoms with Gasteiger partial charge in [0, 0.05) is 17.5 Å². The number of benzene rings is 1. The third-order valence-corrected chi connectivity index (χ3v) is 5.65. The molecule has 1 atom stereocenters. The molecule has 1 N–H and O–H groups in total. The van der Waals surface area contributed by atoms with E-state index in [0.717, 1.165) is 28.9 Å². The minimum absolute atomic E-state index is 0.0319. The van der Waals surface area contributed by atoms with Gasteiger partial charge in [0.1, 0.15) is 5.75 Å². The number of thioether (sulfide) groups is 1. The Kier molecular flexibility index (Phi) is 7.28. The van der Waals surface area contributed by atoms with Crippen molar-refractivity contribution < 1.29 is 9.53 Å². The lowest BCUT2D eigenvalue weighted by Crippen LogP contribution is -2.37. The molecule has 2 rings (SSSR count). The van der Waals surface area contributed by atoms with Crippen LogP contribution in [0.2, 0.25) is 0 Å². The molecule has 4 heteroatoms. The maximum atomic E-state index is 12.2. The van der Waals surface area contributed by atoms with E-state index in [-0.39, 0.29) is 5.91 Å². The molecule has 23 heavy (non-hydrogen) atoms. The van der Waals surface area contributed by atoms with E-state index in [1.165, 1.54) is 25.7 Å². The lowest BCUT2D eigenvalue weighted by atomic mass is 10.0. The monoisotopic (exact) mass is 335 g/mol. The molecule has 0 radical (unpaired) electrons. The van der Waals surface area contributed by atoms with E-state index in [1.54, 1.807) is 0 Å². The van der Waals surface area contributed by atoms with Gasteiger partial charge in [0.15, 0.2) is 6.10 Å². The zero-order valence-electron chi connectivity index (χ0n) is 14.5. The molecule has 0 aromatic heterocycles. The van der Waals surface area contributed by atoms with Gasteiger partial charge in [-0.2, -0.15) is 11.8 Å². The second-order valence-corrected chi connectivity index (χ2v) is 7.93. The normalized spacial score (nSPS) is 16.5. The van der Waals surface area contributed by atoms with Crippen LogP contribution in [0.3, 0.4) is 0 Å². The number of hydrogen-bond donors (Lipinski definition) is 1. The van der Waals surface area contributed by atoms with Crippen LogP contribution in [0.5, 0.6) is 5.75 Å². The van der Waals surface area contributed by atoms with E-state index >= 15 is 0 Å². The van der Waals surface area contributed by atoms with Crippen molar-refractivity contribution in [2.24, 2.45) is 0 Å². The molecule has 3 nitrogen and oxygen atoms in total. The highest BCUT2D eigenvalue weighted by atomic mass is 32.2. The Labute approximate surface area is 144 Å². The third kappa shape index (κ3) is 5.76. The fraction of sp³-hybridized carbons (Fsp3) is 0.632. The van der Waals surface area contributed by atoms with Crippen LogP contribution < -0.4 is 10.1 Å². The van der Waals surface area contributed by atoms with E-state index < -0.39 is 6.10 Å². The topological polar surface area (TPSA) is 38.3 Å². The molecule has 1 fully saturated rings. The summed E-state index contributed by atoms with van der Waals surface area (Å²) in [6.45, 7) is 6.80. The average Bonchev–Trinajstić information content (AvgIpc) is 3.05. The van der Waals surface area contributed by atoms with Gasteiger partial charge >= 0.3 is 0 Å². The van der Waals surface area contributed by atoms with Gasteiger partial charge in [0.25, 0.3) is 5.91 Å². The summed E-state index contributed by atoms with van der Waals surface area (Å²) in [6, 6.07) is 7.95. The summed E-state index contributed by atoms with van der Waals surface area (Å²) in [7, 11) is 0. The first kappa shape index (κ1) is 18.2. The first-order valence-electron chi connectivity index (χ1n) is 8.73. The Hall–Kier alpha value is -1.16. The minimum Gasteiger partial charge on any atom is -0.481 e. The molecule has 0 aliphatic heterocycles. The molecule has 1 saturated carbocycles. The predicted molar refractivity (Wildman–Crippen MR) is 98.3 cm³/mol. The number of nitrogens with one attached hydrogen (secondary N) is 1. The third-order valence-electron chi connectivity index (χ3n) is 4.27. The summed E-state index contributed by atoms with van der Waals surface area (Å²) in [6.07, 6.45) is 4.94. The predicted octanol–water partition coefficient (Wildman–Crippen LogP) is 4.37. The van der Waals surface area contributed by atoms with Crippen molar-refractivity contribution in [1.82, 2.24) is 5.32 Å². The standard InChI is InChI=1S/C19H29NO2S/c1-14(2)17-10-6-7-11-18(17)22-15(3)19(21)20-12-13-23-16-8-4-5-9-16/h6-7,10-11,14-16H,4-5,8-9,12-13H2,1-3H3,(H,20,21). The van der Waals surface area contributed by atoms with Crippen LogP contribution in [-0.2, 0) is 4.79 Å². The molecule has 0 saturated heterocycles. The van der Waals surface area contributed by atoms with Gasteiger partial charge in [-0.15, -0.1) is 0 Å². The van der Waals surface area contributed by atoms with Gasteiger partial charge in [0.2, 0.25) is 0 Å². The lowest BCUT2D eigenvalue weighted by molar-refractivity contribution is -0.127. The highest BCUT2D eigenvalue weighted by Gasteiger charge is 2.18. The Morgan fingerprint density at radius 3 is 2.65 bits per heavy atom. The van der Waals surface area contributed by atoms with Gasteiger partial charge in [-0.25, -0.2) is 0 Å². The maximum absolute atomic E-state index is 12.2. The number of rotatable bonds is 8. The van der Waals surface area contributed by atoms with Gasteiger partial charge in [-0.1, -0.05) is 44.9 Å². The van der Waals surface area contributed by atoms with Crippen LogP contribution in [-0.4, -0.2) is 29.6 Å². The summed E-state index contributed by atoms with van der Waals surface area (Å²) in [5, 5.41) is 3.79. The number of carbonyl (C=O) groups excluding carboxylic acids is 1. The molecular weight excluding hydrogens is 306 g/mol. The molecule has 0 bridgehead atoms. The molecule has 1 amide bonds. The molecule has 1 aromatic rings. The number of amides is 1. The Balaban J connectivity index is 1.74. The van der Waals surface area contributed by atoms with E-state index in [2.05, 4.69) is 25.2 Å². The van der Waals surface area contributed by atoms with Crippen LogP contribution in [0.15, 0.2) is 24.3 Å². The number of ether oxygens (including phenoxy) is 1. The fourth-order valence-electron chi connectivity index (χ4n) is 2.91. The van der Waals surface area contributed by atoms with Crippen LogP contribution in [0.25, 0.3) is 0 Å². The molecular formula is C19H29NO2S. The zero-order chi connectivity index (χ0) is 16.7. The summed E-state index contributed by atoms with van der Waals surface area (Å²) < 4.78 is 5.88. The molecule has 0 heterocycles. The number of carbonyl (C=O) groups is 1. The highest BCUT2D eigenvalue weighted by Crippen LogP contribution is 2.29. The first-order valence-corrected chi connectivity index (χ1v) is 9.77. The number of hydrogen-bond acceptors (Lipinski definition) is 3. The van der Waals surface area contributed by atoms with Gasteiger partial charge in [-0.3, -0.25) is 4.79 Å². The second-order valence-electron chi connectivity index (χ2n) is 6.52. The summed E-state index contributed by atoms with van der Waals surface area (Å²) in [4.78, 5) is 12.2. The van der Waals surface area contributed by atoms with Crippen molar-refractivity contribution in [2.45, 2.75) is 63.7 Å². The molecule has 0 spiro atoms. The van der Waals surface area contributed by atoms with Crippen molar-refractivity contribution in [3.05, 3.63) is 29.8 Å².